The molecule has 0 radical (unpaired) electrons. The van der Waals surface area contributed by atoms with Crippen molar-refractivity contribution < 1.29 is 19.2 Å². The quantitative estimate of drug-likeness (QED) is 0.273. The first kappa shape index (κ1) is 22.9. The summed E-state index contributed by atoms with van der Waals surface area (Å²) in [4.78, 5) is 25.3. The van der Waals surface area contributed by atoms with Gasteiger partial charge < -0.3 is 14.4 Å². The van der Waals surface area contributed by atoms with Gasteiger partial charge in [-0.2, -0.15) is 0 Å². The lowest BCUT2D eigenvalue weighted by atomic mass is 9.90. The maximum absolute atomic E-state index is 11.9. The summed E-state index contributed by atoms with van der Waals surface area (Å²) in [6, 6.07) is 5.45. The Morgan fingerprint density at radius 3 is 2.45 bits per heavy atom. The van der Waals surface area contributed by atoms with Gasteiger partial charge in [0.1, 0.15) is 5.69 Å². The Morgan fingerprint density at radius 1 is 1.28 bits per heavy atom. The highest BCUT2D eigenvalue weighted by molar-refractivity contribution is 5.91. The highest BCUT2D eigenvalue weighted by atomic mass is 16.6. The Labute approximate surface area is 172 Å². The summed E-state index contributed by atoms with van der Waals surface area (Å²) >= 11 is 0. The molecule has 0 aromatic heterocycles. The number of hydrogen-bond acceptors (Lipinski definition) is 6. The molecule has 0 unspecified atom stereocenters. The van der Waals surface area contributed by atoms with Crippen LogP contribution in [0.3, 0.4) is 0 Å². The van der Waals surface area contributed by atoms with Gasteiger partial charge in [0.2, 0.25) is 0 Å². The van der Waals surface area contributed by atoms with Gasteiger partial charge in [0, 0.05) is 31.8 Å². The fourth-order valence-corrected chi connectivity index (χ4v) is 3.91. The van der Waals surface area contributed by atoms with Crippen molar-refractivity contribution in [2.24, 2.45) is 5.92 Å². The number of rotatable bonds is 8. The van der Waals surface area contributed by atoms with E-state index in [1.807, 2.05) is 12.1 Å². The third-order valence-corrected chi connectivity index (χ3v) is 5.45. The number of esters is 1. The van der Waals surface area contributed by atoms with Crippen molar-refractivity contribution in [3.05, 3.63) is 40.0 Å². The van der Waals surface area contributed by atoms with Gasteiger partial charge >= 0.3 is 5.97 Å². The molecule has 1 aliphatic rings. The van der Waals surface area contributed by atoms with E-state index in [9.17, 15) is 14.9 Å². The number of nitrogens with zero attached hydrogens (tertiary/aromatic N) is 2. The summed E-state index contributed by atoms with van der Waals surface area (Å²) < 4.78 is 10.1. The van der Waals surface area contributed by atoms with Gasteiger partial charge in [0.25, 0.3) is 5.69 Å². The molecule has 29 heavy (non-hydrogen) atoms. The van der Waals surface area contributed by atoms with Crippen LogP contribution in [0.15, 0.2) is 24.3 Å². The Hall–Kier alpha value is -2.41. The highest BCUT2D eigenvalue weighted by Crippen LogP contribution is 2.36. The molecule has 0 amide bonds. The average Bonchev–Trinajstić information content (AvgIpc) is 2.71. The summed E-state index contributed by atoms with van der Waals surface area (Å²) in [5, 5.41) is 11.9. The molecule has 2 rings (SSSR count). The molecule has 0 atom stereocenters. The van der Waals surface area contributed by atoms with Crippen LogP contribution in [-0.2, 0) is 14.3 Å². The zero-order chi connectivity index (χ0) is 21.6. The molecule has 0 heterocycles. The highest BCUT2D eigenvalue weighted by Gasteiger charge is 2.30. The predicted octanol–water partition coefficient (Wildman–Crippen LogP) is 4.59. The summed E-state index contributed by atoms with van der Waals surface area (Å²) in [6.07, 6.45) is 5.44. The van der Waals surface area contributed by atoms with Crippen molar-refractivity contribution >= 4 is 22.9 Å². The van der Waals surface area contributed by atoms with E-state index in [1.165, 1.54) is 13.2 Å². The number of allylic oxidation sites excluding steroid dienone is 1. The lowest BCUT2D eigenvalue weighted by Gasteiger charge is -2.38. The van der Waals surface area contributed by atoms with E-state index in [4.69, 9.17) is 4.74 Å². The smallest absolute Gasteiger partial charge is 0.330 e. The summed E-state index contributed by atoms with van der Waals surface area (Å²) in [5.41, 5.74) is 1.97. The van der Waals surface area contributed by atoms with E-state index in [1.54, 1.807) is 20.1 Å². The number of nitro groups is 1. The SMILES string of the molecule is COC(=O)/C=C(\C)c1ccc(N(CC(C)C)[C@H]2CC[C@@H](OC)CC2)c([N+](=O)[O-])c1. The lowest BCUT2D eigenvalue weighted by molar-refractivity contribution is -0.384. The van der Waals surface area contributed by atoms with Crippen LogP contribution < -0.4 is 4.90 Å². The number of carbonyl (C=O) groups excluding carboxylic acids is 1. The third kappa shape index (κ3) is 6.03. The molecule has 1 saturated carbocycles. The number of ether oxygens (including phenoxy) is 2. The monoisotopic (exact) mass is 404 g/mol. The van der Waals surface area contributed by atoms with Gasteiger partial charge in [0.15, 0.2) is 0 Å². The van der Waals surface area contributed by atoms with Crippen molar-refractivity contribution in [3.8, 4) is 0 Å². The first-order valence-electron chi connectivity index (χ1n) is 10.1. The van der Waals surface area contributed by atoms with Crippen LogP contribution in [0.1, 0.15) is 52.0 Å². The zero-order valence-corrected chi connectivity index (χ0v) is 18.0. The fourth-order valence-electron chi connectivity index (χ4n) is 3.91. The second kappa shape index (κ2) is 10.4. The molecule has 0 aliphatic heterocycles. The van der Waals surface area contributed by atoms with E-state index in [0.29, 0.717) is 22.7 Å². The standard InChI is InChI=1S/C22H32N2O5/c1-15(2)14-23(18-7-9-19(28-4)10-8-18)20-11-6-17(13-21(20)24(26)27)16(3)12-22(25)29-5/h6,11-13,15,18-19H,7-10,14H2,1-5H3/b16-12+/t18-,19+. The number of hydrogen-bond donors (Lipinski definition) is 0. The molecule has 1 aliphatic carbocycles. The number of benzene rings is 1. The predicted molar refractivity (Wildman–Crippen MR) is 114 cm³/mol. The first-order chi connectivity index (χ1) is 13.8. The fraction of sp³-hybridized carbons (Fsp3) is 0.591. The second-order valence-electron chi connectivity index (χ2n) is 8.02. The molecule has 1 aromatic rings. The summed E-state index contributed by atoms with van der Waals surface area (Å²) in [5.74, 6) is -0.110. The molecule has 1 aromatic carbocycles. The molecule has 1 fully saturated rings. The van der Waals surface area contributed by atoms with Gasteiger partial charge in [-0.25, -0.2) is 4.79 Å². The van der Waals surface area contributed by atoms with E-state index < -0.39 is 5.97 Å². The normalized spacial score (nSPS) is 19.9. The Kier molecular flexibility index (Phi) is 8.20. The summed E-state index contributed by atoms with van der Waals surface area (Å²) in [6.45, 7) is 6.74. The van der Waals surface area contributed by atoms with Crippen LogP contribution in [0.2, 0.25) is 0 Å². The van der Waals surface area contributed by atoms with Crippen molar-refractivity contribution in [2.45, 2.75) is 58.6 Å². The molecule has 0 N–H and O–H groups in total. The molecule has 0 saturated heterocycles. The number of carbonyl (C=O) groups is 1. The second-order valence-corrected chi connectivity index (χ2v) is 8.02. The molecule has 0 bridgehead atoms. The van der Waals surface area contributed by atoms with Crippen molar-refractivity contribution in [3.63, 3.8) is 0 Å². The zero-order valence-electron chi connectivity index (χ0n) is 18.0. The third-order valence-electron chi connectivity index (χ3n) is 5.45. The molecule has 7 heteroatoms. The van der Waals surface area contributed by atoms with Crippen LogP contribution in [0.4, 0.5) is 11.4 Å². The summed E-state index contributed by atoms with van der Waals surface area (Å²) in [7, 11) is 3.05. The minimum absolute atomic E-state index is 0.0645. The Balaban J connectivity index is 2.41. The van der Waals surface area contributed by atoms with Gasteiger partial charge in [-0.15, -0.1) is 0 Å². The first-order valence-corrected chi connectivity index (χ1v) is 10.1. The minimum atomic E-state index is -0.481. The van der Waals surface area contributed by atoms with Crippen LogP contribution in [0.25, 0.3) is 5.57 Å². The number of anilines is 1. The van der Waals surface area contributed by atoms with Crippen LogP contribution >= 0.6 is 0 Å². The van der Waals surface area contributed by atoms with Crippen molar-refractivity contribution in [1.82, 2.24) is 0 Å². The van der Waals surface area contributed by atoms with Gasteiger partial charge in [-0.3, -0.25) is 10.1 Å². The number of nitro benzene ring substituents is 1. The maximum Gasteiger partial charge on any atom is 0.330 e. The van der Waals surface area contributed by atoms with E-state index in [0.717, 1.165) is 32.2 Å². The molecule has 160 valence electrons. The molecular weight excluding hydrogens is 372 g/mol. The Bertz CT molecular complexity index is 752. The maximum atomic E-state index is 11.9. The van der Waals surface area contributed by atoms with E-state index >= 15 is 0 Å². The van der Waals surface area contributed by atoms with Gasteiger partial charge in [0.05, 0.1) is 18.1 Å². The molecule has 7 nitrogen and oxygen atoms in total. The van der Waals surface area contributed by atoms with Crippen LogP contribution in [0.5, 0.6) is 0 Å². The van der Waals surface area contributed by atoms with Crippen molar-refractivity contribution in [2.75, 3.05) is 25.7 Å². The lowest BCUT2D eigenvalue weighted by Crippen LogP contribution is -2.41. The Morgan fingerprint density at radius 2 is 1.93 bits per heavy atom. The van der Waals surface area contributed by atoms with Crippen molar-refractivity contribution in [1.29, 1.82) is 0 Å². The molecule has 0 spiro atoms. The average molecular weight is 405 g/mol. The minimum Gasteiger partial charge on any atom is -0.466 e. The largest absolute Gasteiger partial charge is 0.466 e. The van der Waals surface area contributed by atoms with Crippen LogP contribution in [-0.4, -0.2) is 43.8 Å². The van der Waals surface area contributed by atoms with Gasteiger partial charge in [-0.1, -0.05) is 19.9 Å². The van der Waals surface area contributed by atoms with Crippen LogP contribution in [0, 0.1) is 16.0 Å². The van der Waals surface area contributed by atoms with E-state index in [-0.39, 0.29) is 22.8 Å². The van der Waals surface area contributed by atoms with E-state index in [2.05, 4.69) is 23.5 Å². The molecular formula is C22H32N2O5. The number of methoxy groups -OCH3 is 2. The topological polar surface area (TPSA) is 81.9 Å². The van der Waals surface area contributed by atoms with Gasteiger partial charge in [-0.05, 0) is 55.7 Å².